The molecule has 0 spiro atoms. The van der Waals surface area contributed by atoms with Gasteiger partial charge in [0.15, 0.2) is 6.10 Å². The number of aryl methyl sites for hydroxylation is 1. The number of methoxy groups -OCH3 is 1. The summed E-state index contributed by atoms with van der Waals surface area (Å²) in [6, 6.07) is 14.0. The van der Waals surface area contributed by atoms with Crippen LogP contribution >= 0.6 is 0 Å². The van der Waals surface area contributed by atoms with E-state index in [0.29, 0.717) is 19.5 Å². The Labute approximate surface area is 167 Å². The van der Waals surface area contributed by atoms with Gasteiger partial charge in [-0.3, -0.25) is 4.79 Å². The van der Waals surface area contributed by atoms with Crippen molar-refractivity contribution in [1.29, 1.82) is 0 Å². The van der Waals surface area contributed by atoms with Gasteiger partial charge in [-0.1, -0.05) is 31.2 Å². The number of hydrogen-bond acceptors (Lipinski definition) is 4. The summed E-state index contributed by atoms with van der Waals surface area (Å²) < 4.78 is 11.6. The Balaban J connectivity index is 1.64. The van der Waals surface area contributed by atoms with Gasteiger partial charge in [-0.2, -0.15) is 0 Å². The Kier molecular flexibility index (Phi) is 6.45. The van der Waals surface area contributed by atoms with Crippen LogP contribution in [0.15, 0.2) is 42.5 Å². The molecule has 0 aliphatic carbocycles. The second-order valence-electron chi connectivity index (χ2n) is 7.20. The first kappa shape index (κ1) is 20.1. The molecule has 28 heavy (non-hydrogen) atoms. The predicted molar refractivity (Wildman–Crippen MR) is 112 cm³/mol. The standard InChI is InChI=1S/C23H30N2O3/c1-5-20(28-21-12-8-9-17(2)18(21)3)23(26)25-15-13-24(14-16-25)19-10-6-7-11-22(19)27-4/h6-12,20H,5,13-16H2,1-4H3/t20-/m1/s1. The van der Waals surface area contributed by atoms with Gasteiger partial charge in [0.1, 0.15) is 11.5 Å². The molecule has 2 aromatic rings. The SMILES string of the molecule is CC[C@@H](Oc1cccc(C)c1C)C(=O)N1CCN(c2ccccc2OC)CC1. The van der Waals surface area contributed by atoms with Crippen LogP contribution in [0.3, 0.4) is 0 Å². The number of carbonyl (C=O) groups is 1. The van der Waals surface area contributed by atoms with Crippen molar-refractivity contribution < 1.29 is 14.3 Å². The van der Waals surface area contributed by atoms with Crippen LogP contribution in [0, 0.1) is 13.8 Å². The lowest BCUT2D eigenvalue weighted by atomic mass is 10.1. The monoisotopic (exact) mass is 382 g/mol. The van der Waals surface area contributed by atoms with Crippen LogP contribution in [-0.4, -0.2) is 50.2 Å². The summed E-state index contributed by atoms with van der Waals surface area (Å²) >= 11 is 0. The highest BCUT2D eigenvalue weighted by Gasteiger charge is 2.29. The predicted octanol–water partition coefficient (Wildman–Crippen LogP) is 3.82. The van der Waals surface area contributed by atoms with Crippen LogP contribution < -0.4 is 14.4 Å². The number of piperazine rings is 1. The highest BCUT2D eigenvalue weighted by Crippen LogP contribution is 2.29. The van der Waals surface area contributed by atoms with Crippen LogP contribution in [0.1, 0.15) is 24.5 Å². The number of para-hydroxylation sites is 2. The molecule has 1 heterocycles. The molecule has 0 unspecified atom stereocenters. The maximum Gasteiger partial charge on any atom is 0.263 e. The molecule has 150 valence electrons. The zero-order chi connectivity index (χ0) is 20.1. The van der Waals surface area contributed by atoms with Crippen LogP contribution in [0.25, 0.3) is 0 Å². The maximum atomic E-state index is 13.1. The Morgan fingerprint density at radius 3 is 2.36 bits per heavy atom. The van der Waals surface area contributed by atoms with Crippen LogP contribution in [0.2, 0.25) is 0 Å². The Morgan fingerprint density at radius 2 is 1.68 bits per heavy atom. The van der Waals surface area contributed by atoms with Crippen LogP contribution in [0.4, 0.5) is 5.69 Å². The van der Waals surface area contributed by atoms with Crippen molar-refractivity contribution in [3.63, 3.8) is 0 Å². The lowest BCUT2D eigenvalue weighted by molar-refractivity contribution is -0.139. The second kappa shape index (κ2) is 9.00. The highest BCUT2D eigenvalue weighted by molar-refractivity contribution is 5.81. The normalized spacial score (nSPS) is 15.3. The van der Waals surface area contributed by atoms with Gasteiger partial charge >= 0.3 is 0 Å². The van der Waals surface area contributed by atoms with E-state index in [0.717, 1.165) is 35.8 Å². The van der Waals surface area contributed by atoms with E-state index in [1.54, 1.807) is 7.11 Å². The summed E-state index contributed by atoms with van der Waals surface area (Å²) in [6.07, 6.45) is 0.206. The van der Waals surface area contributed by atoms with Crippen LogP contribution in [-0.2, 0) is 4.79 Å². The molecule has 1 amide bonds. The van der Waals surface area contributed by atoms with Gasteiger partial charge < -0.3 is 19.3 Å². The quantitative estimate of drug-likeness (QED) is 0.762. The summed E-state index contributed by atoms with van der Waals surface area (Å²) in [5, 5.41) is 0. The third kappa shape index (κ3) is 4.24. The summed E-state index contributed by atoms with van der Waals surface area (Å²) in [5.41, 5.74) is 3.34. The average molecular weight is 383 g/mol. The lowest BCUT2D eigenvalue weighted by Crippen LogP contribution is -2.52. The fourth-order valence-electron chi connectivity index (χ4n) is 3.58. The van der Waals surface area contributed by atoms with Gasteiger partial charge in [0.2, 0.25) is 0 Å². The lowest BCUT2D eigenvalue weighted by Gasteiger charge is -2.37. The van der Waals surface area contributed by atoms with Crippen molar-refractivity contribution in [3.8, 4) is 11.5 Å². The minimum Gasteiger partial charge on any atom is -0.495 e. The number of hydrogen-bond donors (Lipinski definition) is 0. The smallest absolute Gasteiger partial charge is 0.263 e. The zero-order valence-electron chi connectivity index (χ0n) is 17.3. The van der Waals surface area contributed by atoms with Gasteiger partial charge in [0.05, 0.1) is 12.8 Å². The molecule has 1 fully saturated rings. The number of rotatable bonds is 6. The molecular formula is C23H30N2O3. The number of carbonyl (C=O) groups excluding carboxylic acids is 1. The zero-order valence-corrected chi connectivity index (χ0v) is 17.3. The van der Waals surface area contributed by atoms with E-state index in [4.69, 9.17) is 9.47 Å². The number of amides is 1. The minimum atomic E-state index is -0.446. The van der Waals surface area contributed by atoms with E-state index in [1.165, 1.54) is 5.56 Å². The average Bonchev–Trinajstić information content (AvgIpc) is 2.74. The van der Waals surface area contributed by atoms with Crippen molar-refractivity contribution in [2.75, 3.05) is 38.2 Å². The van der Waals surface area contributed by atoms with Gasteiger partial charge in [-0.15, -0.1) is 0 Å². The van der Waals surface area contributed by atoms with E-state index in [1.807, 2.05) is 49.1 Å². The molecule has 0 saturated carbocycles. The Hall–Kier alpha value is -2.69. The molecule has 0 radical (unpaired) electrons. The molecule has 0 N–H and O–H groups in total. The number of benzene rings is 2. The first-order chi connectivity index (χ1) is 13.5. The fourth-order valence-corrected chi connectivity index (χ4v) is 3.58. The molecule has 1 atom stereocenters. The molecule has 5 heteroatoms. The molecule has 1 aliphatic heterocycles. The summed E-state index contributed by atoms with van der Waals surface area (Å²) in [4.78, 5) is 17.2. The van der Waals surface area contributed by atoms with Gasteiger partial charge in [0.25, 0.3) is 5.91 Å². The summed E-state index contributed by atoms with van der Waals surface area (Å²) in [7, 11) is 1.69. The largest absolute Gasteiger partial charge is 0.495 e. The molecule has 2 aromatic carbocycles. The van der Waals surface area contributed by atoms with Crippen molar-refractivity contribution in [1.82, 2.24) is 4.90 Å². The maximum absolute atomic E-state index is 13.1. The van der Waals surface area contributed by atoms with E-state index < -0.39 is 6.10 Å². The van der Waals surface area contributed by atoms with Crippen molar-refractivity contribution in [3.05, 3.63) is 53.6 Å². The van der Waals surface area contributed by atoms with Gasteiger partial charge in [-0.05, 0) is 49.6 Å². The first-order valence-corrected chi connectivity index (χ1v) is 9.94. The van der Waals surface area contributed by atoms with E-state index in [2.05, 4.69) is 24.0 Å². The van der Waals surface area contributed by atoms with Gasteiger partial charge in [0, 0.05) is 26.2 Å². The summed E-state index contributed by atoms with van der Waals surface area (Å²) in [5.74, 6) is 1.74. The third-order valence-corrected chi connectivity index (χ3v) is 5.49. The molecular weight excluding hydrogens is 352 g/mol. The minimum absolute atomic E-state index is 0.0723. The van der Waals surface area contributed by atoms with Crippen molar-refractivity contribution in [2.45, 2.75) is 33.3 Å². The number of ether oxygens (including phenoxy) is 2. The van der Waals surface area contributed by atoms with E-state index in [-0.39, 0.29) is 5.91 Å². The molecule has 0 aromatic heterocycles. The first-order valence-electron chi connectivity index (χ1n) is 9.94. The molecule has 5 nitrogen and oxygen atoms in total. The Bertz CT molecular complexity index is 813. The number of nitrogens with zero attached hydrogens (tertiary/aromatic N) is 2. The van der Waals surface area contributed by atoms with E-state index >= 15 is 0 Å². The number of anilines is 1. The highest BCUT2D eigenvalue weighted by atomic mass is 16.5. The topological polar surface area (TPSA) is 42.0 Å². The third-order valence-electron chi connectivity index (χ3n) is 5.49. The second-order valence-corrected chi connectivity index (χ2v) is 7.20. The summed E-state index contributed by atoms with van der Waals surface area (Å²) in [6.45, 7) is 9.03. The molecule has 0 bridgehead atoms. The molecule has 1 aliphatic rings. The molecule has 1 saturated heterocycles. The van der Waals surface area contributed by atoms with Crippen molar-refractivity contribution in [2.24, 2.45) is 0 Å². The molecule has 3 rings (SSSR count). The van der Waals surface area contributed by atoms with Crippen LogP contribution in [0.5, 0.6) is 11.5 Å². The van der Waals surface area contributed by atoms with E-state index in [9.17, 15) is 4.79 Å². The fraction of sp³-hybridized carbons (Fsp3) is 0.435. The van der Waals surface area contributed by atoms with Gasteiger partial charge in [-0.25, -0.2) is 0 Å². The Morgan fingerprint density at radius 1 is 1.00 bits per heavy atom. The van der Waals surface area contributed by atoms with Crippen molar-refractivity contribution >= 4 is 11.6 Å².